The zero-order chi connectivity index (χ0) is 14.1. The number of halogens is 2. The number of nitrogens with two attached hydrogens (primary N) is 1. The van der Waals surface area contributed by atoms with Crippen LogP contribution in [0.2, 0.25) is 10.4 Å². The Morgan fingerprint density at radius 1 is 1.28 bits per heavy atom. The molecule has 0 aliphatic heterocycles. The molecule has 0 spiro atoms. The Hall–Kier alpha value is -0.910. The highest BCUT2D eigenvalue weighted by Crippen LogP contribution is 2.29. The average molecular weight is 291 g/mol. The van der Waals surface area contributed by atoms with Crippen LogP contribution in [0, 0.1) is 5.41 Å². The predicted molar refractivity (Wildman–Crippen MR) is 72.7 cm³/mol. The number of carbonyl (C=O) groups is 1. The smallest absolute Gasteiger partial charge is 0.233 e. The minimum absolute atomic E-state index is 0.0254. The molecule has 1 aromatic heterocycles. The van der Waals surface area contributed by atoms with Crippen LogP contribution in [-0.2, 0) is 4.79 Å². The highest BCUT2D eigenvalue weighted by atomic mass is 35.5. The number of rotatable bonds is 3. The average Bonchev–Trinajstić information content (AvgIpc) is 2.13. The summed E-state index contributed by atoms with van der Waals surface area (Å²) < 4.78 is 0. The van der Waals surface area contributed by atoms with Crippen LogP contribution in [-0.4, -0.2) is 21.4 Å². The molecule has 100 valence electrons. The highest BCUT2D eigenvalue weighted by molar-refractivity contribution is 6.32. The molecule has 18 heavy (non-hydrogen) atoms. The molecule has 0 aliphatic rings. The fourth-order valence-corrected chi connectivity index (χ4v) is 1.43. The molecule has 0 aromatic carbocycles. The molecule has 1 aromatic rings. The van der Waals surface area contributed by atoms with E-state index in [4.69, 9.17) is 28.9 Å². The lowest BCUT2D eigenvalue weighted by atomic mass is 9.74. The molecule has 0 radical (unpaired) electrons. The monoisotopic (exact) mass is 290 g/mol. The maximum Gasteiger partial charge on any atom is 0.233 e. The van der Waals surface area contributed by atoms with E-state index in [9.17, 15) is 4.79 Å². The van der Waals surface area contributed by atoms with Gasteiger partial charge < -0.3 is 11.1 Å². The topological polar surface area (TPSA) is 80.9 Å². The van der Waals surface area contributed by atoms with Gasteiger partial charge in [-0.05, 0) is 39.3 Å². The van der Waals surface area contributed by atoms with Gasteiger partial charge >= 0.3 is 0 Å². The van der Waals surface area contributed by atoms with E-state index in [1.54, 1.807) is 27.7 Å². The van der Waals surface area contributed by atoms with Gasteiger partial charge in [0, 0.05) is 11.6 Å². The van der Waals surface area contributed by atoms with Crippen molar-refractivity contribution in [3.05, 3.63) is 16.5 Å². The number of nitrogens with one attached hydrogen (secondary N) is 1. The lowest BCUT2D eigenvalue weighted by Crippen LogP contribution is -2.53. The van der Waals surface area contributed by atoms with Crippen molar-refractivity contribution in [2.24, 2.45) is 11.1 Å². The Kier molecular flexibility index (Phi) is 4.20. The summed E-state index contributed by atoms with van der Waals surface area (Å²) in [6.07, 6.45) is 0. The van der Waals surface area contributed by atoms with Gasteiger partial charge in [0.05, 0.1) is 5.41 Å². The third-order valence-electron chi connectivity index (χ3n) is 3.09. The number of carbonyl (C=O) groups excluding carboxylic acids is 1. The highest BCUT2D eigenvalue weighted by Gasteiger charge is 2.40. The quantitative estimate of drug-likeness (QED) is 0.662. The molecule has 0 atom stereocenters. The van der Waals surface area contributed by atoms with Gasteiger partial charge in [0.25, 0.3) is 0 Å². The second kappa shape index (κ2) is 4.99. The summed E-state index contributed by atoms with van der Waals surface area (Å²) in [5, 5.41) is 2.77. The summed E-state index contributed by atoms with van der Waals surface area (Å²) in [4.78, 5) is 19.7. The van der Waals surface area contributed by atoms with Gasteiger partial charge in [0.15, 0.2) is 0 Å². The van der Waals surface area contributed by atoms with Crippen LogP contribution in [0.15, 0.2) is 6.07 Å². The van der Waals surface area contributed by atoms with Crippen LogP contribution in [0.25, 0.3) is 0 Å². The van der Waals surface area contributed by atoms with E-state index in [2.05, 4.69) is 15.3 Å². The van der Waals surface area contributed by atoms with E-state index in [0.29, 0.717) is 0 Å². The fourth-order valence-electron chi connectivity index (χ4n) is 1.02. The Balaban J connectivity index is 2.95. The maximum absolute atomic E-state index is 12.2. The van der Waals surface area contributed by atoms with Crippen molar-refractivity contribution in [2.45, 2.75) is 33.2 Å². The minimum Gasteiger partial charge on any atom is -0.325 e. The number of nitrogens with zero attached hydrogens (tertiary/aromatic N) is 2. The SMILES string of the molecule is CC(C)(N)C(C)(C)C(=O)Nc1cc(Cl)nc(Cl)n1. The molecule has 5 nitrogen and oxygen atoms in total. The summed E-state index contributed by atoms with van der Waals surface area (Å²) in [5.74, 6) is -0.0110. The van der Waals surface area contributed by atoms with Gasteiger partial charge in [-0.3, -0.25) is 4.79 Å². The first kappa shape index (κ1) is 15.1. The second-order valence-electron chi connectivity index (χ2n) is 5.15. The van der Waals surface area contributed by atoms with E-state index in [0.717, 1.165) is 0 Å². The van der Waals surface area contributed by atoms with Crippen LogP contribution in [0.1, 0.15) is 27.7 Å². The van der Waals surface area contributed by atoms with Gasteiger partial charge in [0.1, 0.15) is 11.0 Å². The summed E-state index contributed by atoms with van der Waals surface area (Å²) in [6, 6.07) is 1.42. The van der Waals surface area contributed by atoms with E-state index in [1.165, 1.54) is 6.07 Å². The molecule has 0 unspecified atom stereocenters. The zero-order valence-corrected chi connectivity index (χ0v) is 12.2. The van der Waals surface area contributed by atoms with Crippen molar-refractivity contribution in [1.29, 1.82) is 0 Å². The molecule has 3 N–H and O–H groups in total. The van der Waals surface area contributed by atoms with E-state index in [-0.39, 0.29) is 22.2 Å². The molecule has 0 saturated carbocycles. The molecule has 1 amide bonds. The number of hydrogen-bond donors (Lipinski definition) is 2. The molecule has 7 heteroatoms. The maximum atomic E-state index is 12.2. The summed E-state index contributed by atoms with van der Waals surface area (Å²) in [5.41, 5.74) is 4.52. The first-order valence-electron chi connectivity index (χ1n) is 5.34. The van der Waals surface area contributed by atoms with Crippen molar-refractivity contribution >= 4 is 34.9 Å². The Morgan fingerprint density at radius 2 is 1.83 bits per heavy atom. The Labute approximate surface area is 116 Å². The third kappa shape index (κ3) is 3.31. The molecule has 1 rings (SSSR count). The third-order valence-corrected chi connectivity index (χ3v) is 3.45. The Bertz CT molecular complexity index is 448. The Morgan fingerprint density at radius 3 is 2.28 bits per heavy atom. The van der Waals surface area contributed by atoms with Gasteiger partial charge in [-0.1, -0.05) is 11.6 Å². The summed E-state index contributed by atoms with van der Waals surface area (Å²) in [6.45, 7) is 7.08. The lowest BCUT2D eigenvalue weighted by Gasteiger charge is -2.36. The first-order valence-corrected chi connectivity index (χ1v) is 6.10. The normalized spacial score (nSPS) is 12.4. The molecule has 0 bridgehead atoms. The molecule has 0 aliphatic carbocycles. The van der Waals surface area contributed by atoms with Crippen LogP contribution in [0.3, 0.4) is 0 Å². The van der Waals surface area contributed by atoms with Crippen LogP contribution in [0.5, 0.6) is 0 Å². The molecule has 0 fully saturated rings. The number of amides is 1. The van der Waals surface area contributed by atoms with Crippen molar-refractivity contribution in [1.82, 2.24) is 9.97 Å². The second-order valence-corrected chi connectivity index (χ2v) is 5.87. The number of anilines is 1. The van der Waals surface area contributed by atoms with Crippen molar-refractivity contribution < 1.29 is 4.79 Å². The van der Waals surface area contributed by atoms with Gasteiger partial charge in [0.2, 0.25) is 11.2 Å². The van der Waals surface area contributed by atoms with Crippen LogP contribution < -0.4 is 11.1 Å². The largest absolute Gasteiger partial charge is 0.325 e. The van der Waals surface area contributed by atoms with Crippen molar-refractivity contribution in [3.8, 4) is 0 Å². The first-order chi connectivity index (χ1) is 8.04. The fraction of sp³-hybridized carbons (Fsp3) is 0.545. The summed E-state index contributed by atoms with van der Waals surface area (Å²) in [7, 11) is 0. The summed E-state index contributed by atoms with van der Waals surface area (Å²) >= 11 is 11.4. The van der Waals surface area contributed by atoms with Gasteiger partial charge in [-0.2, -0.15) is 0 Å². The molecule has 1 heterocycles. The van der Waals surface area contributed by atoms with Crippen molar-refractivity contribution in [3.63, 3.8) is 0 Å². The van der Waals surface area contributed by atoms with Crippen molar-refractivity contribution in [2.75, 3.05) is 5.32 Å². The number of aromatic nitrogens is 2. The molecular weight excluding hydrogens is 275 g/mol. The zero-order valence-electron chi connectivity index (χ0n) is 10.7. The molecule has 0 saturated heterocycles. The standard InChI is InChI=1S/C11H16Cl2N4O/c1-10(2,11(3,4)14)8(18)16-7-5-6(12)15-9(13)17-7/h5H,14H2,1-4H3,(H,15,16,17,18). The van der Waals surface area contributed by atoms with Gasteiger partial charge in [-0.15, -0.1) is 0 Å². The van der Waals surface area contributed by atoms with Crippen LogP contribution >= 0.6 is 23.2 Å². The van der Waals surface area contributed by atoms with E-state index >= 15 is 0 Å². The predicted octanol–water partition coefficient (Wildman–Crippen LogP) is 2.49. The minimum atomic E-state index is -0.781. The van der Waals surface area contributed by atoms with Gasteiger partial charge in [-0.25, -0.2) is 9.97 Å². The molecular formula is C11H16Cl2N4O. The van der Waals surface area contributed by atoms with E-state index < -0.39 is 11.0 Å². The lowest BCUT2D eigenvalue weighted by molar-refractivity contribution is -0.126. The van der Waals surface area contributed by atoms with Crippen LogP contribution in [0.4, 0.5) is 5.82 Å². The number of hydrogen-bond acceptors (Lipinski definition) is 4. The van der Waals surface area contributed by atoms with E-state index in [1.807, 2.05) is 0 Å².